The molecule has 1 aliphatic heterocycles. The molecule has 2 aliphatic rings. The second-order valence-electron chi connectivity index (χ2n) is 5.17. The zero-order valence-electron chi connectivity index (χ0n) is 9.90. The van der Waals surface area contributed by atoms with Crippen LogP contribution < -0.4 is 10.2 Å². The Kier molecular flexibility index (Phi) is 2.35. The maximum absolute atomic E-state index is 4.60. The highest BCUT2D eigenvalue weighted by Crippen LogP contribution is 2.38. The third-order valence-electron chi connectivity index (χ3n) is 3.30. The quantitative estimate of drug-likeness (QED) is 0.778. The van der Waals surface area contributed by atoms with Gasteiger partial charge in [0.05, 0.1) is 0 Å². The van der Waals surface area contributed by atoms with E-state index in [1.807, 2.05) is 0 Å². The monoisotopic (exact) mass is 221 g/mol. The number of hydrogen-bond donors (Lipinski definition) is 2. The Balaban J connectivity index is 1.74. The molecule has 1 aliphatic carbocycles. The first-order chi connectivity index (χ1) is 7.72. The molecule has 2 unspecified atom stereocenters. The van der Waals surface area contributed by atoms with Crippen molar-refractivity contribution in [2.24, 2.45) is 0 Å². The van der Waals surface area contributed by atoms with Crippen LogP contribution in [0.5, 0.6) is 0 Å². The molecule has 5 heteroatoms. The molecule has 3 rings (SSSR count). The van der Waals surface area contributed by atoms with Crippen molar-refractivity contribution in [3.05, 3.63) is 5.82 Å². The van der Waals surface area contributed by atoms with E-state index in [1.165, 1.54) is 12.8 Å². The van der Waals surface area contributed by atoms with E-state index in [9.17, 15) is 0 Å². The van der Waals surface area contributed by atoms with Gasteiger partial charge in [-0.25, -0.2) is 0 Å². The molecule has 1 saturated heterocycles. The van der Waals surface area contributed by atoms with Crippen LogP contribution in [0.1, 0.15) is 38.4 Å². The summed E-state index contributed by atoms with van der Waals surface area (Å²) < 4.78 is 0. The summed E-state index contributed by atoms with van der Waals surface area (Å²) in [5.41, 5.74) is 0. The van der Waals surface area contributed by atoms with Crippen molar-refractivity contribution >= 4 is 5.95 Å². The number of H-pyrrole nitrogens is 1. The standard InChI is InChI=1S/C11H19N5/c1-7-5-16(6-8(2)12-7)11-13-10(14-15-11)9-3-4-9/h7-9,12H,3-6H2,1-2H3,(H,13,14,15). The number of aromatic amines is 1. The van der Waals surface area contributed by atoms with Crippen LogP contribution >= 0.6 is 0 Å². The van der Waals surface area contributed by atoms with Gasteiger partial charge >= 0.3 is 0 Å². The minimum atomic E-state index is 0.506. The Morgan fingerprint density at radius 2 is 1.88 bits per heavy atom. The second kappa shape index (κ2) is 3.73. The molecule has 0 spiro atoms. The molecular formula is C11H19N5. The summed E-state index contributed by atoms with van der Waals surface area (Å²) in [4.78, 5) is 6.87. The van der Waals surface area contributed by atoms with E-state index >= 15 is 0 Å². The van der Waals surface area contributed by atoms with Gasteiger partial charge in [-0.05, 0) is 26.7 Å². The highest BCUT2D eigenvalue weighted by molar-refractivity contribution is 5.31. The number of piperazine rings is 1. The highest BCUT2D eigenvalue weighted by Gasteiger charge is 2.29. The number of hydrogen-bond acceptors (Lipinski definition) is 4. The molecule has 2 heterocycles. The molecule has 2 atom stereocenters. The molecule has 16 heavy (non-hydrogen) atoms. The molecule has 2 fully saturated rings. The van der Waals surface area contributed by atoms with E-state index in [-0.39, 0.29) is 0 Å². The van der Waals surface area contributed by atoms with Gasteiger partial charge < -0.3 is 10.2 Å². The van der Waals surface area contributed by atoms with Crippen molar-refractivity contribution in [1.29, 1.82) is 0 Å². The number of nitrogens with one attached hydrogen (secondary N) is 2. The Bertz CT molecular complexity index is 360. The molecule has 1 aromatic heterocycles. The Labute approximate surface area is 95.6 Å². The first-order valence-corrected chi connectivity index (χ1v) is 6.15. The van der Waals surface area contributed by atoms with Crippen LogP contribution in [-0.2, 0) is 0 Å². The molecule has 5 nitrogen and oxygen atoms in total. The van der Waals surface area contributed by atoms with Crippen molar-refractivity contribution in [3.63, 3.8) is 0 Å². The van der Waals surface area contributed by atoms with Crippen LogP contribution in [0.3, 0.4) is 0 Å². The van der Waals surface area contributed by atoms with E-state index < -0.39 is 0 Å². The van der Waals surface area contributed by atoms with Gasteiger partial charge in [-0.2, -0.15) is 4.98 Å². The van der Waals surface area contributed by atoms with Gasteiger partial charge in [0.15, 0.2) is 0 Å². The molecule has 1 saturated carbocycles. The average molecular weight is 221 g/mol. The molecular weight excluding hydrogens is 202 g/mol. The van der Waals surface area contributed by atoms with E-state index in [0.29, 0.717) is 18.0 Å². The summed E-state index contributed by atoms with van der Waals surface area (Å²) >= 11 is 0. The molecule has 0 bridgehead atoms. The Morgan fingerprint density at radius 3 is 2.50 bits per heavy atom. The van der Waals surface area contributed by atoms with Gasteiger partial charge in [0.2, 0.25) is 5.95 Å². The van der Waals surface area contributed by atoms with Crippen LogP contribution in [-0.4, -0.2) is 40.4 Å². The molecule has 0 amide bonds. The summed E-state index contributed by atoms with van der Waals surface area (Å²) in [6.07, 6.45) is 2.53. The van der Waals surface area contributed by atoms with Crippen LogP contribution in [0.25, 0.3) is 0 Å². The first kappa shape index (κ1) is 10.1. The van der Waals surface area contributed by atoms with Gasteiger partial charge in [-0.1, -0.05) is 0 Å². The molecule has 2 N–H and O–H groups in total. The van der Waals surface area contributed by atoms with E-state index in [0.717, 1.165) is 24.9 Å². The van der Waals surface area contributed by atoms with Gasteiger partial charge in [0.25, 0.3) is 0 Å². The van der Waals surface area contributed by atoms with E-state index in [4.69, 9.17) is 0 Å². The maximum atomic E-state index is 4.60. The van der Waals surface area contributed by atoms with Gasteiger partial charge in [-0.3, -0.25) is 5.10 Å². The van der Waals surface area contributed by atoms with Crippen molar-refractivity contribution < 1.29 is 0 Å². The van der Waals surface area contributed by atoms with Crippen LogP contribution in [0, 0.1) is 0 Å². The largest absolute Gasteiger partial charge is 0.336 e. The third kappa shape index (κ3) is 1.91. The lowest BCUT2D eigenvalue weighted by atomic mass is 10.1. The lowest BCUT2D eigenvalue weighted by molar-refractivity contribution is 0.403. The van der Waals surface area contributed by atoms with Gasteiger partial charge in [0.1, 0.15) is 5.82 Å². The predicted molar refractivity (Wildman–Crippen MR) is 62.6 cm³/mol. The number of nitrogens with zero attached hydrogens (tertiary/aromatic N) is 3. The maximum Gasteiger partial charge on any atom is 0.244 e. The SMILES string of the molecule is CC1CN(c2n[nH]c(C3CC3)n2)CC(C)N1. The normalized spacial score (nSPS) is 30.8. The summed E-state index contributed by atoms with van der Waals surface area (Å²) in [6.45, 7) is 6.40. The first-order valence-electron chi connectivity index (χ1n) is 6.15. The fourth-order valence-electron chi connectivity index (χ4n) is 2.44. The summed E-state index contributed by atoms with van der Waals surface area (Å²) in [6, 6.07) is 1.01. The minimum Gasteiger partial charge on any atom is -0.336 e. The molecule has 88 valence electrons. The van der Waals surface area contributed by atoms with Crippen molar-refractivity contribution in [3.8, 4) is 0 Å². The zero-order valence-corrected chi connectivity index (χ0v) is 9.90. The highest BCUT2D eigenvalue weighted by atomic mass is 15.4. The van der Waals surface area contributed by atoms with Gasteiger partial charge in [0, 0.05) is 31.1 Å². The fourth-order valence-corrected chi connectivity index (χ4v) is 2.44. The Hall–Kier alpha value is -1.10. The second-order valence-corrected chi connectivity index (χ2v) is 5.17. The molecule has 1 aromatic rings. The molecule has 0 aromatic carbocycles. The zero-order chi connectivity index (χ0) is 11.1. The summed E-state index contributed by atoms with van der Waals surface area (Å²) in [7, 11) is 0. The summed E-state index contributed by atoms with van der Waals surface area (Å²) in [5.74, 6) is 2.61. The van der Waals surface area contributed by atoms with Crippen LogP contribution in [0.15, 0.2) is 0 Å². The third-order valence-corrected chi connectivity index (χ3v) is 3.30. The topological polar surface area (TPSA) is 56.8 Å². The summed E-state index contributed by atoms with van der Waals surface area (Å²) in [5, 5.41) is 10.9. The number of aromatic nitrogens is 3. The van der Waals surface area contributed by atoms with Crippen molar-refractivity contribution in [1.82, 2.24) is 20.5 Å². The Morgan fingerprint density at radius 1 is 1.19 bits per heavy atom. The smallest absolute Gasteiger partial charge is 0.244 e. The van der Waals surface area contributed by atoms with Crippen molar-refractivity contribution in [2.45, 2.75) is 44.7 Å². The minimum absolute atomic E-state index is 0.506. The van der Waals surface area contributed by atoms with Crippen LogP contribution in [0.2, 0.25) is 0 Å². The number of anilines is 1. The van der Waals surface area contributed by atoms with E-state index in [2.05, 4.69) is 39.2 Å². The van der Waals surface area contributed by atoms with Gasteiger partial charge in [-0.15, -0.1) is 5.10 Å². The van der Waals surface area contributed by atoms with Crippen molar-refractivity contribution in [2.75, 3.05) is 18.0 Å². The fraction of sp³-hybridized carbons (Fsp3) is 0.818. The van der Waals surface area contributed by atoms with E-state index in [1.54, 1.807) is 0 Å². The molecule has 0 radical (unpaired) electrons. The average Bonchev–Trinajstić information content (AvgIpc) is 2.95. The lowest BCUT2D eigenvalue weighted by Gasteiger charge is -2.35. The number of rotatable bonds is 2. The van der Waals surface area contributed by atoms with Crippen LogP contribution in [0.4, 0.5) is 5.95 Å². The lowest BCUT2D eigenvalue weighted by Crippen LogP contribution is -2.54. The predicted octanol–water partition coefficient (Wildman–Crippen LogP) is 0.869.